The Hall–Kier alpha value is -3.30. The summed E-state index contributed by atoms with van der Waals surface area (Å²) in [6.45, 7) is 4.22. The number of unbranched alkanes of at least 4 members (excludes halogenated alkanes) is 1. The van der Waals surface area contributed by atoms with Gasteiger partial charge in [0.15, 0.2) is 0 Å². The van der Waals surface area contributed by atoms with Gasteiger partial charge in [-0.2, -0.15) is 0 Å². The SMILES string of the molecule is CCCCON(C)C(=O)C1C=C(C(=O)N2Cc3ccc(Br)cc3C2)C(OCc2ccccc2)CC1OCc1ccccc1. The van der Waals surface area contributed by atoms with Gasteiger partial charge in [0.25, 0.3) is 11.8 Å². The number of halogens is 1. The van der Waals surface area contributed by atoms with E-state index in [9.17, 15) is 9.59 Å². The fourth-order valence-electron chi connectivity index (χ4n) is 5.52. The Morgan fingerprint density at radius 1 is 0.907 bits per heavy atom. The molecule has 1 aliphatic heterocycles. The predicted octanol–water partition coefficient (Wildman–Crippen LogP) is 6.60. The molecule has 226 valence electrons. The molecule has 2 amide bonds. The molecular weight excluding hydrogens is 608 g/mol. The standard InChI is InChI=1S/C35H39BrN2O5/c1-3-4-17-43-37(2)34(39)30-19-31(35(40)38-21-27-15-16-29(36)18-28(27)22-38)33(42-24-26-13-9-6-10-14-26)20-32(30)41-23-25-11-7-5-8-12-25/h5-16,18-19,30,32-33H,3-4,17,20-24H2,1-2H3. The molecule has 2 aliphatic rings. The minimum Gasteiger partial charge on any atom is -0.372 e. The van der Waals surface area contributed by atoms with E-state index >= 15 is 0 Å². The Morgan fingerprint density at radius 2 is 1.56 bits per heavy atom. The maximum Gasteiger partial charge on any atom is 0.255 e. The van der Waals surface area contributed by atoms with Crippen LogP contribution in [0, 0.1) is 5.92 Å². The van der Waals surface area contributed by atoms with Gasteiger partial charge in [0, 0.05) is 36.6 Å². The van der Waals surface area contributed by atoms with E-state index in [1.165, 1.54) is 5.06 Å². The highest BCUT2D eigenvalue weighted by Gasteiger charge is 2.42. The van der Waals surface area contributed by atoms with Gasteiger partial charge in [-0.1, -0.05) is 102 Å². The van der Waals surface area contributed by atoms with Crippen LogP contribution in [0.2, 0.25) is 0 Å². The molecule has 3 aromatic carbocycles. The molecule has 3 aromatic rings. The molecule has 0 saturated carbocycles. The van der Waals surface area contributed by atoms with Gasteiger partial charge in [-0.15, -0.1) is 0 Å². The van der Waals surface area contributed by atoms with Crippen molar-refractivity contribution >= 4 is 27.7 Å². The van der Waals surface area contributed by atoms with Crippen molar-refractivity contribution in [1.82, 2.24) is 9.96 Å². The number of fused-ring (bicyclic) bond motifs is 1. The number of rotatable bonds is 12. The number of amides is 2. The molecule has 0 spiro atoms. The first-order chi connectivity index (χ1) is 20.9. The van der Waals surface area contributed by atoms with Crippen molar-refractivity contribution in [2.24, 2.45) is 5.92 Å². The number of hydrogen-bond acceptors (Lipinski definition) is 5. The van der Waals surface area contributed by atoms with Crippen molar-refractivity contribution in [3.8, 4) is 0 Å². The summed E-state index contributed by atoms with van der Waals surface area (Å²) in [5.74, 6) is -1.07. The van der Waals surface area contributed by atoms with Crippen LogP contribution in [0.1, 0.15) is 48.4 Å². The van der Waals surface area contributed by atoms with E-state index in [1.54, 1.807) is 13.1 Å². The second-order valence-electron chi connectivity index (χ2n) is 11.1. The van der Waals surface area contributed by atoms with E-state index in [2.05, 4.69) is 28.9 Å². The van der Waals surface area contributed by atoms with Gasteiger partial charge in [-0.25, -0.2) is 5.06 Å². The van der Waals surface area contributed by atoms with Crippen molar-refractivity contribution in [3.05, 3.63) is 117 Å². The minimum absolute atomic E-state index is 0.126. The van der Waals surface area contributed by atoms with Crippen LogP contribution in [0.3, 0.4) is 0 Å². The summed E-state index contributed by atoms with van der Waals surface area (Å²) in [6, 6.07) is 25.9. The molecule has 1 heterocycles. The molecule has 8 heteroatoms. The van der Waals surface area contributed by atoms with Crippen LogP contribution in [-0.4, -0.2) is 47.6 Å². The summed E-state index contributed by atoms with van der Waals surface area (Å²) < 4.78 is 13.9. The zero-order valence-corrected chi connectivity index (χ0v) is 26.4. The summed E-state index contributed by atoms with van der Waals surface area (Å²) in [4.78, 5) is 35.6. The van der Waals surface area contributed by atoms with Crippen LogP contribution >= 0.6 is 15.9 Å². The Morgan fingerprint density at radius 3 is 2.23 bits per heavy atom. The molecule has 0 aromatic heterocycles. The lowest BCUT2D eigenvalue weighted by atomic mass is 9.84. The van der Waals surface area contributed by atoms with Crippen LogP contribution in [0.4, 0.5) is 0 Å². The van der Waals surface area contributed by atoms with Gasteiger partial charge in [-0.3, -0.25) is 14.4 Å². The van der Waals surface area contributed by atoms with Crippen molar-refractivity contribution in [3.63, 3.8) is 0 Å². The molecule has 0 radical (unpaired) electrons. The average molecular weight is 648 g/mol. The Kier molecular flexibility index (Phi) is 10.8. The average Bonchev–Trinajstić information content (AvgIpc) is 3.46. The molecule has 0 N–H and O–H groups in total. The molecule has 0 bridgehead atoms. The third-order valence-electron chi connectivity index (χ3n) is 7.96. The highest BCUT2D eigenvalue weighted by molar-refractivity contribution is 9.10. The molecule has 3 atom stereocenters. The molecule has 43 heavy (non-hydrogen) atoms. The first-order valence-corrected chi connectivity index (χ1v) is 15.7. The Bertz CT molecular complexity index is 1410. The normalized spacial score (nSPS) is 19.6. The molecule has 0 fully saturated rings. The quantitative estimate of drug-likeness (QED) is 0.164. The van der Waals surface area contributed by atoms with Crippen molar-refractivity contribution in [1.29, 1.82) is 0 Å². The largest absolute Gasteiger partial charge is 0.372 e. The monoisotopic (exact) mass is 646 g/mol. The van der Waals surface area contributed by atoms with Crippen LogP contribution in [0.15, 0.2) is 95.0 Å². The van der Waals surface area contributed by atoms with E-state index in [1.807, 2.05) is 77.7 Å². The third-order valence-corrected chi connectivity index (χ3v) is 8.45. The van der Waals surface area contributed by atoms with Crippen LogP contribution < -0.4 is 0 Å². The van der Waals surface area contributed by atoms with E-state index in [-0.39, 0.29) is 11.8 Å². The molecular formula is C35H39BrN2O5. The number of benzene rings is 3. The number of ether oxygens (including phenoxy) is 2. The first-order valence-electron chi connectivity index (χ1n) is 14.9. The Balaban J connectivity index is 1.43. The fraction of sp³-hybridized carbons (Fsp3) is 0.371. The fourth-order valence-corrected chi connectivity index (χ4v) is 5.93. The number of carbonyl (C=O) groups excluding carboxylic acids is 2. The van der Waals surface area contributed by atoms with E-state index in [4.69, 9.17) is 14.3 Å². The van der Waals surface area contributed by atoms with Crippen LogP contribution in [0.25, 0.3) is 0 Å². The van der Waals surface area contributed by atoms with Crippen molar-refractivity contribution in [2.45, 2.75) is 64.7 Å². The first kappa shape index (κ1) is 31.1. The lowest BCUT2D eigenvalue weighted by molar-refractivity contribution is -0.187. The van der Waals surface area contributed by atoms with Gasteiger partial charge < -0.3 is 14.4 Å². The number of hydroxylamine groups is 2. The second kappa shape index (κ2) is 14.9. The summed E-state index contributed by atoms with van der Waals surface area (Å²) in [5, 5.41) is 1.30. The zero-order valence-electron chi connectivity index (χ0n) is 24.8. The molecule has 5 rings (SSSR count). The van der Waals surface area contributed by atoms with E-state index < -0.39 is 18.1 Å². The van der Waals surface area contributed by atoms with Gasteiger partial charge >= 0.3 is 0 Å². The smallest absolute Gasteiger partial charge is 0.255 e. The Labute approximate surface area is 262 Å². The topological polar surface area (TPSA) is 68.3 Å². The number of nitrogens with zero attached hydrogens (tertiary/aromatic N) is 2. The molecule has 3 unspecified atom stereocenters. The van der Waals surface area contributed by atoms with Gasteiger partial charge in [-0.05, 0) is 40.8 Å². The molecule has 1 aliphatic carbocycles. The van der Waals surface area contributed by atoms with Crippen molar-refractivity contribution in [2.75, 3.05) is 13.7 Å². The van der Waals surface area contributed by atoms with Gasteiger partial charge in [0.2, 0.25) is 0 Å². The van der Waals surface area contributed by atoms with Gasteiger partial charge in [0.1, 0.15) is 0 Å². The lowest BCUT2D eigenvalue weighted by Gasteiger charge is -2.36. The van der Waals surface area contributed by atoms with Crippen molar-refractivity contribution < 1.29 is 23.9 Å². The van der Waals surface area contributed by atoms with Gasteiger partial charge in [0.05, 0.1) is 37.9 Å². The van der Waals surface area contributed by atoms with E-state index in [0.29, 0.717) is 44.9 Å². The third kappa shape index (κ3) is 8.00. The van der Waals surface area contributed by atoms with Crippen LogP contribution in [0.5, 0.6) is 0 Å². The number of hydrogen-bond donors (Lipinski definition) is 0. The van der Waals surface area contributed by atoms with E-state index in [0.717, 1.165) is 39.6 Å². The summed E-state index contributed by atoms with van der Waals surface area (Å²) in [5.41, 5.74) is 4.74. The number of carbonyl (C=O) groups is 2. The predicted molar refractivity (Wildman–Crippen MR) is 168 cm³/mol. The summed E-state index contributed by atoms with van der Waals surface area (Å²) >= 11 is 3.55. The lowest BCUT2D eigenvalue weighted by Crippen LogP contribution is -2.46. The molecule has 7 nitrogen and oxygen atoms in total. The zero-order chi connectivity index (χ0) is 30.2. The molecule has 0 saturated heterocycles. The van der Waals surface area contributed by atoms with Crippen LogP contribution in [-0.2, 0) is 50.2 Å². The summed E-state index contributed by atoms with van der Waals surface area (Å²) in [7, 11) is 1.63. The highest BCUT2D eigenvalue weighted by Crippen LogP contribution is 2.34. The maximum atomic E-state index is 14.2. The highest BCUT2D eigenvalue weighted by atomic mass is 79.9. The minimum atomic E-state index is -0.704. The summed E-state index contributed by atoms with van der Waals surface area (Å²) in [6.07, 6.45) is 2.90. The maximum absolute atomic E-state index is 14.2. The second-order valence-corrected chi connectivity index (χ2v) is 12.0.